The summed E-state index contributed by atoms with van der Waals surface area (Å²) < 4.78 is 10.4. The molecule has 0 radical (unpaired) electrons. The Morgan fingerprint density at radius 1 is 1.50 bits per heavy atom. The van der Waals surface area contributed by atoms with Crippen LogP contribution in [-0.2, 0) is 9.47 Å². The molecule has 1 atom stereocenters. The highest BCUT2D eigenvalue weighted by atomic mass is 16.5. The Bertz CT molecular complexity index is 221. The van der Waals surface area contributed by atoms with Gasteiger partial charge in [-0.15, -0.1) is 0 Å². The molecule has 0 saturated carbocycles. The molecule has 0 aromatic rings. The van der Waals surface area contributed by atoms with Gasteiger partial charge in [0.05, 0.1) is 19.8 Å². The Balaban J connectivity index is 2.17. The van der Waals surface area contributed by atoms with Crippen LogP contribution in [0.4, 0.5) is 0 Å². The minimum atomic E-state index is 0.572. The summed E-state index contributed by atoms with van der Waals surface area (Å²) in [7, 11) is 1.68. The van der Waals surface area contributed by atoms with Gasteiger partial charge in [0.1, 0.15) is 0 Å². The summed E-state index contributed by atoms with van der Waals surface area (Å²) in [6.45, 7) is 6.82. The third-order valence-electron chi connectivity index (χ3n) is 2.72. The van der Waals surface area contributed by atoms with Crippen LogP contribution in [0.5, 0.6) is 0 Å². The first-order valence-electron chi connectivity index (χ1n) is 5.89. The van der Waals surface area contributed by atoms with Crippen molar-refractivity contribution in [1.29, 1.82) is 0 Å². The van der Waals surface area contributed by atoms with E-state index in [1.807, 2.05) is 6.92 Å². The molecule has 0 amide bonds. The highest BCUT2D eigenvalue weighted by molar-refractivity contribution is 5.78. The van der Waals surface area contributed by atoms with Crippen molar-refractivity contribution in [3.05, 3.63) is 0 Å². The fraction of sp³-hybridized carbons (Fsp3) is 0.909. The van der Waals surface area contributed by atoms with Crippen LogP contribution in [-0.4, -0.2) is 57.4 Å². The minimum Gasteiger partial charge on any atom is -0.382 e. The van der Waals surface area contributed by atoms with Crippen molar-refractivity contribution in [3.63, 3.8) is 0 Å². The number of hydrogen-bond acceptors (Lipinski definition) is 3. The average molecular weight is 229 g/mol. The summed E-state index contributed by atoms with van der Waals surface area (Å²) in [4.78, 5) is 6.34. The summed E-state index contributed by atoms with van der Waals surface area (Å²) in [5.41, 5.74) is 5.84. The molecule has 1 heterocycles. The molecule has 0 aliphatic carbocycles. The summed E-state index contributed by atoms with van der Waals surface area (Å²) in [5, 5.41) is 0. The summed E-state index contributed by atoms with van der Waals surface area (Å²) >= 11 is 0. The predicted octanol–water partition coefficient (Wildman–Crippen LogP) is 0.306. The maximum atomic E-state index is 5.84. The lowest BCUT2D eigenvalue weighted by Gasteiger charge is -2.17. The molecule has 0 aromatic carbocycles. The molecule has 1 aliphatic rings. The van der Waals surface area contributed by atoms with Gasteiger partial charge in [-0.05, 0) is 13.3 Å². The number of hydrogen-bond donors (Lipinski definition) is 1. The molecular weight excluding hydrogens is 206 g/mol. The van der Waals surface area contributed by atoms with E-state index in [1.54, 1.807) is 7.11 Å². The SMILES string of the molecule is CCN=C(N)N1CC[C@H](COCCOC)C1. The summed E-state index contributed by atoms with van der Waals surface area (Å²) in [5.74, 6) is 1.24. The molecule has 94 valence electrons. The van der Waals surface area contributed by atoms with E-state index >= 15 is 0 Å². The zero-order valence-electron chi connectivity index (χ0n) is 10.3. The van der Waals surface area contributed by atoms with E-state index in [0.717, 1.165) is 32.7 Å². The van der Waals surface area contributed by atoms with Crippen molar-refractivity contribution in [2.24, 2.45) is 16.6 Å². The molecule has 1 saturated heterocycles. The molecule has 0 bridgehead atoms. The number of nitrogens with two attached hydrogens (primary N) is 1. The topological polar surface area (TPSA) is 60.1 Å². The van der Waals surface area contributed by atoms with Crippen molar-refractivity contribution in [2.45, 2.75) is 13.3 Å². The summed E-state index contributed by atoms with van der Waals surface area (Å²) in [6, 6.07) is 0. The number of methoxy groups -OCH3 is 1. The molecule has 1 rings (SSSR count). The fourth-order valence-corrected chi connectivity index (χ4v) is 1.83. The molecule has 5 nitrogen and oxygen atoms in total. The maximum Gasteiger partial charge on any atom is 0.191 e. The van der Waals surface area contributed by atoms with Crippen molar-refractivity contribution >= 4 is 5.96 Å². The lowest BCUT2D eigenvalue weighted by Crippen LogP contribution is -2.36. The monoisotopic (exact) mass is 229 g/mol. The minimum absolute atomic E-state index is 0.572. The molecule has 1 fully saturated rings. The van der Waals surface area contributed by atoms with Crippen LogP contribution in [0, 0.1) is 5.92 Å². The molecule has 5 heteroatoms. The largest absolute Gasteiger partial charge is 0.382 e. The van der Waals surface area contributed by atoms with E-state index in [4.69, 9.17) is 15.2 Å². The molecule has 0 unspecified atom stereocenters. The van der Waals surface area contributed by atoms with Crippen molar-refractivity contribution < 1.29 is 9.47 Å². The highest BCUT2D eigenvalue weighted by Crippen LogP contribution is 2.15. The van der Waals surface area contributed by atoms with E-state index in [9.17, 15) is 0 Å². The van der Waals surface area contributed by atoms with E-state index in [2.05, 4.69) is 9.89 Å². The van der Waals surface area contributed by atoms with Crippen LogP contribution < -0.4 is 5.73 Å². The Kier molecular flexibility index (Phi) is 6.18. The number of aliphatic imine (C=N–C) groups is 1. The number of guanidine groups is 1. The zero-order valence-corrected chi connectivity index (χ0v) is 10.3. The zero-order chi connectivity index (χ0) is 11.8. The smallest absolute Gasteiger partial charge is 0.191 e. The third-order valence-corrected chi connectivity index (χ3v) is 2.72. The van der Waals surface area contributed by atoms with Gasteiger partial charge in [0.25, 0.3) is 0 Å². The molecule has 0 aromatic heterocycles. The molecule has 2 N–H and O–H groups in total. The van der Waals surface area contributed by atoms with E-state index in [-0.39, 0.29) is 0 Å². The number of rotatable bonds is 6. The van der Waals surface area contributed by atoms with Crippen molar-refractivity contribution in [1.82, 2.24) is 4.90 Å². The second-order valence-electron chi connectivity index (χ2n) is 4.00. The molecule has 1 aliphatic heterocycles. The third kappa shape index (κ3) is 4.37. The number of nitrogens with zero attached hydrogens (tertiary/aromatic N) is 2. The number of ether oxygens (including phenoxy) is 2. The maximum absolute atomic E-state index is 5.84. The van der Waals surface area contributed by atoms with Crippen molar-refractivity contribution in [3.8, 4) is 0 Å². The second-order valence-corrected chi connectivity index (χ2v) is 4.00. The van der Waals surface area contributed by atoms with Crippen molar-refractivity contribution in [2.75, 3.05) is 46.6 Å². The lowest BCUT2D eigenvalue weighted by atomic mass is 10.1. The summed E-state index contributed by atoms with van der Waals surface area (Å²) in [6.07, 6.45) is 1.13. The normalized spacial score (nSPS) is 21.8. The van der Waals surface area contributed by atoms with Gasteiger partial charge in [0, 0.05) is 32.7 Å². The van der Waals surface area contributed by atoms with Gasteiger partial charge in [-0.2, -0.15) is 0 Å². The second kappa shape index (κ2) is 7.46. The van der Waals surface area contributed by atoms with Crippen LogP contribution in [0.2, 0.25) is 0 Å². The first kappa shape index (κ1) is 13.3. The van der Waals surface area contributed by atoms with Crippen LogP contribution in [0.1, 0.15) is 13.3 Å². The van der Waals surface area contributed by atoms with Gasteiger partial charge in [0.15, 0.2) is 5.96 Å². The fourth-order valence-electron chi connectivity index (χ4n) is 1.83. The van der Waals surface area contributed by atoms with Gasteiger partial charge < -0.3 is 20.1 Å². The van der Waals surface area contributed by atoms with Crippen LogP contribution >= 0.6 is 0 Å². The Labute approximate surface area is 97.6 Å². The van der Waals surface area contributed by atoms with Gasteiger partial charge in [-0.25, -0.2) is 0 Å². The Hall–Kier alpha value is -0.810. The molecular formula is C11H23N3O2. The van der Waals surface area contributed by atoms with Crippen LogP contribution in [0.15, 0.2) is 4.99 Å². The van der Waals surface area contributed by atoms with E-state index in [0.29, 0.717) is 25.1 Å². The molecule has 16 heavy (non-hydrogen) atoms. The van der Waals surface area contributed by atoms with Gasteiger partial charge in [-0.3, -0.25) is 4.99 Å². The molecule has 0 spiro atoms. The van der Waals surface area contributed by atoms with Crippen LogP contribution in [0.3, 0.4) is 0 Å². The van der Waals surface area contributed by atoms with E-state index < -0.39 is 0 Å². The quantitative estimate of drug-likeness (QED) is 0.404. The average Bonchev–Trinajstić information content (AvgIpc) is 2.73. The van der Waals surface area contributed by atoms with Gasteiger partial charge in [-0.1, -0.05) is 0 Å². The van der Waals surface area contributed by atoms with E-state index in [1.165, 1.54) is 0 Å². The predicted molar refractivity (Wildman–Crippen MR) is 64.5 cm³/mol. The highest BCUT2D eigenvalue weighted by Gasteiger charge is 2.23. The number of likely N-dealkylation sites (tertiary alicyclic amines) is 1. The lowest BCUT2D eigenvalue weighted by molar-refractivity contribution is 0.0536. The van der Waals surface area contributed by atoms with Crippen LogP contribution in [0.25, 0.3) is 0 Å². The Morgan fingerprint density at radius 2 is 2.31 bits per heavy atom. The first-order valence-corrected chi connectivity index (χ1v) is 5.89. The van der Waals surface area contributed by atoms with Gasteiger partial charge in [0.2, 0.25) is 0 Å². The van der Waals surface area contributed by atoms with Gasteiger partial charge >= 0.3 is 0 Å². The standard InChI is InChI=1S/C11H23N3O2/c1-3-13-11(12)14-5-4-10(8-14)9-16-7-6-15-2/h10H,3-9H2,1-2H3,(H2,12,13)/t10-/m0/s1. The first-order chi connectivity index (χ1) is 7.77. The Morgan fingerprint density at radius 3 is 3.00 bits per heavy atom.